The molecule has 2 heterocycles. The molecule has 0 N–H and O–H groups in total. The number of hydrogen-bond acceptors (Lipinski definition) is 4. The molecule has 0 saturated carbocycles. The molecule has 0 amide bonds. The Morgan fingerprint density at radius 3 is 2.48 bits per heavy atom. The highest BCUT2D eigenvalue weighted by molar-refractivity contribution is 9.10. The van der Waals surface area contributed by atoms with Crippen molar-refractivity contribution in [2.45, 2.75) is 18.7 Å². The van der Waals surface area contributed by atoms with Crippen LogP contribution in [0.4, 0.5) is 5.69 Å². The number of aryl methyl sites for hydroxylation is 1. The van der Waals surface area contributed by atoms with Gasteiger partial charge in [-0.3, -0.25) is 4.57 Å². The molecule has 1 aromatic heterocycles. The minimum Gasteiger partial charge on any atom is -0.344 e. The number of benzene rings is 2. The number of fused-ring (bicyclic) bond motifs is 1. The molecule has 6 heteroatoms. The Labute approximate surface area is 147 Å². The molecule has 0 atom stereocenters. The summed E-state index contributed by atoms with van der Waals surface area (Å²) in [5.41, 5.74) is 3.56. The average molecular weight is 387 g/mol. The summed E-state index contributed by atoms with van der Waals surface area (Å²) in [5, 5.41) is 9.72. The van der Waals surface area contributed by atoms with Crippen LogP contribution in [0.1, 0.15) is 5.56 Å². The lowest BCUT2D eigenvalue weighted by molar-refractivity contribution is 0.608. The minimum atomic E-state index is 0.764. The maximum absolute atomic E-state index is 4.40. The van der Waals surface area contributed by atoms with E-state index in [0.717, 1.165) is 33.6 Å². The third kappa shape index (κ3) is 2.88. The van der Waals surface area contributed by atoms with E-state index in [9.17, 15) is 0 Å². The molecule has 4 nitrogen and oxygen atoms in total. The lowest BCUT2D eigenvalue weighted by Crippen LogP contribution is -2.30. The molecule has 1 aliphatic heterocycles. The zero-order valence-electron chi connectivity index (χ0n) is 12.6. The summed E-state index contributed by atoms with van der Waals surface area (Å²) in [7, 11) is 0. The Kier molecular flexibility index (Phi) is 3.87. The van der Waals surface area contributed by atoms with Crippen molar-refractivity contribution in [1.82, 2.24) is 14.8 Å². The second kappa shape index (κ2) is 6.02. The molecule has 116 valence electrons. The predicted octanol–water partition coefficient (Wildman–Crippen LogP) is 4.54. The van der Waals surface area contributed by atoms with Crippen LogP contribution in [0.2, 0.25) is 0 Å². The summed E-state index contributed by atoms with van der Waals surface area (Å²) in [6.07, 6.45) is 0. The van der Waals surface area contributed by atoms with Gasteiger partial charge in [0.15, 0.2) is 11.0 Å². The second-order valence-electron chi connectivity index (χ2n) is 5.53. The molecule has 0 radical (unpaired) electrons. The van der Waals surface area contributed by atoms with Gasteiger partial charge in [-0.15, -0.1) is 10.2 Å². The van der Waals surface area contributed by atoms with Gasteiger partial charge >= 0.3 is 0 Å². The smallest absolute Gasteiger partial charge is 0.194 e. The van der Waals surface area contributed by atoms with Crippen molar-refractivity contribution >= 4 is 33.4 Å². The summed E-state index contributed by atoms with van der Waals surface area (Å²) < 4.78 is 3.28. The SMILES string of the molecule is Cc1ccc(-c2nnc3n2CN(c2ccc(Br)cc2)CS3)cc1. The fourth-order valence-corrected chi connectivity index (χ4v) is 3.76. The number of nitrogens with zero attached hydrogens (tertiary/aromatic N) is 4. The van der Waals surface area contributed by atoms with E-state index < -0.39 is 0 Å². The first-order valence-corrected chi connectivity index (χ1v) is 9.12. The highest BCUT2D eigenvalue weighted by atomic mass is 79.9. The van der Waals surface area contributed by atoms with Gasteiger partial charge in [0.25, 0.3) is 0 Å². The normalized spacial score (nSPS) is 13.9. The van der Waals surface area contributed by atoms with Crippen LogP contribution in [-0.4, -0.2) is 20.6 Å². The molecule has 0 aliphatic carbocycles. The molecular weight excluding hydrogens is 372 g/mol. The summed E-state index contributed by atoms with van der Waals surface area (Å²) in [6.45, 7) is 2.86. The van der Waals surface area contributed by atoms with Gasteiger partial charge in [0.2, 0.25) is 0 Å². The minimum absolute atomic E-state index is 0.764. The van der Waals surface area contributed by atoms with Crippen LogP contribution in [0.25, 0.3) is 11.4 Å². The van der Waals surface area contributed by atoms with E-state index in [1.165, 1.54) is 11.3 Å². The van der Waals surface area contributed by atoms with Crippen molar-refractivity contribution in [2.24, 2.45) is 0 Å². The number of thioether (sulfide) groups is 1. The van der Waals surface area contributed by atoms with Crippen molar-refractivity contribution in [3.05, 3.63) is 58.6 Å². The monoisotopic (exact) mass is 386 g/mol. The van der Waals surface area contributed by atoms with E-state index in [2.05, 4.69) is 91.0 Å². The molecule has 0 fully saturated rings. The Bertz CT molecular complexity index is 827. The van der Waals surface area contributed by atoms with Crippen LogP contribution in [0, 0.1) is 6.92 Å². The van der Waals surface area contributed by atoms with Crippen LogP contribution < -0.4 is 4.90 Å². The lowest BCUT2D eigenvalue weighted by Gasteiger charge is -2.29. The topological polar surface area (TPSA) is 34.0 Å². The van der Waals surface area contributed by atoms with Crippen LogP contribution in [0.5, 0.6) is 0 Å². The highest BCUT2D eigenvalue weighted by Crippen LogP contribution is 2.32. The molecule has 0 bridgehead atoms. The Morgan fingerprint density at radius 2 is 1.74 bits per heavy atom. The van der Waals surface area contributed by atoms with Gasteiger partial charge in [-0.1, -0.05) is 57.5 Å². The van der Waals surface area contributed by atoms with E-state index >= 15 is 0 Å². The first-order valence-electron chi connectivity index (χ1n) is 7.34. The molecular formula is C17H15BrN4S. The van der Waals surface area contributed by atoms with E-state index in [0.29, 0.717) is 0 Å². The van der Waals surface area contributed by atoms with Crippen molar-refractivity contribution in [3.63, 3.8) is 0 Å². The maximum atomic E-state index is 4.40. The molecule has 0 unspecified atom stereocenters. The van der Waals surface area contributed by atoms with Crippen molar-refractivity contribution < 1.29 is 0 Å². The Hall–Kier alpha value is -1.79. The quantitative estimate of drug-likeness (QED) is 0.647. The first-order chi connectivity index (χ1) is 11.2. The fourth-order valence-electron chi connectivity index (χ4n) is 2.59. The summed E-state index contributed by atoms with van der Waals surface area (Å²) in [5.74, 6) is 1.81. The highest BCUT2D eigenvalue weighted by Gasteiger charge is 2.22. The zero-order valence-corrected chi connectivity index (χ0v) is 15.0. The number of hydrogen-bond donors (Lipinski definition) is 0. The van der Waals surface area contributed by atoms with Crippen LogP contribution in [0.15, 0.2) is 58.2 Å². The third-order valence-electron chi connectivity index (χ3n) is 3.88. The molecule has 3 aromatic rings. The van der Waals surface area contributed by atoms with Gasteiger partial charge in [0, 0.05) is 15.7 Å². The second-order valence-corrected chi connectivity index (χ2v) is 7.36. The standard InChI is InChI=1S/C17H15BrN4S/c1-12-2-4-13(5-3-12)16-19-20-17-22(16)10-21(11-23-17)15-8-6-14(18)7-9-15/h2-9H,10-11H2,1H3. The zero-order chi connectivity index (χ0) is 15.8. The summed E-state index contributed by atoms with van der Waals surface area (Å²) in [6, 6.07) is 16.8. The van der Waals surface area contributed by atoms with E-state index in [-0.39, 0.29) is 0 Å². The van der Waals surface area contributed by atoms with Crippen LogP contribution >= 0.6 is 27.7 Å². The number of rotatable bonds is 2. The molecule has 1 aliphatic rings. The number of anilines is 1. The van der Waals surface area contributed by atoms with Crippen LogP contribution in [0.3, 0.4) is 0 Å². The van der Waals surface area contributed by atoms with Gasteiger partial charge in [0.05, 0.1) is 12.5 Å². The summed E-state index contributed by atoms with van der Waals surface area (Å²) in [4.78, 5) is 2.32. The Balaban J connectivity index is 1.67. The van der Waals surface area contributed by atoms with Gasteiger partial charge in [-0.2, -0.15) is 0 Å². The van der Waals surface area contributed by atoms with Crippen molar-refractivity contribution in [1.29, 1.82) is 0 Å². The molecule has 0 spiro atoms. The Morgan fingerprint density at radius 1 is 1.00 bits per heavy atom. The average Bonchev–Trinajstić information content (AvgIpc) is 2.99. The van der Waals surface area contributed by atoms with Gasteiger partial charge < -0.3 is 4.90 Å². The first kappa shape index (κ1) is 14.8. The molecule has 2 aromatic carbocycles. The van der Waals surface area contributed by atoms with Gasteiger partial charge in [-0.25, -0.2) is 0 Å². The largest absolute Gasteiger partial charge is 0.344 e. The van der Waals surface area contributed by atoms with Gasteiger partial charge in [-0.05, 0) is 31.2 Å². The van der Waals surface area contributed by atoms with Crippen molar-refractivity contribution in [2.75, 3.05) is 10.8 Å². The number of aromatic nitrogens is 3. The lowest BCUT2D eigenvalue weighted by atomic mass is 10.1. The van der Waals surface area contributed by atoms with E-state index in [4.69, 9.17) is 0 Å². The number of halogens is 1. The maximum Gasteiger partial charge on any atom is 0.194 e. The molecule has 0 saturated heterocycles. The predicted molar refractivity (Wildman–Crippen MR) is 97.5 cm³/mol. The fraction of sp³-hybridized carbons (Fsp3) is 0.176. The molecule has 4 rings (SSSR count). The summed E-state index contributed by atoms with van der Waals surface area (Å²) >= 11 is 5.21. The van der Waals surface area contributed by atoms with Gasteiger partial charge in [0.1, 0.15) is 0 Å². The molecule has 23 heavy (non-hydrogen) atoms. The third-order valence-corrected chi connectivity index (χ3v) is 5.41. The van der Waals surface area contributed by atoms with E-state index in [1.54, 1.807) is 11.8 Å². The van der Waals surface area contributed by atoms with Crippen LogP contribution in [-0.2, 0) is 6.67 Å². The van der Waals surface area contributed by atoms with Crippen molar-refractivity contribution in [3.8, 4) is 11.4 Å². The van der Waals surface area contributed by atoms with E-state index in [1.807, 2.05) is 0 Å².